The van der Waals surface area contributed by atoms with Gasteiger partial charge < -0.3 is 5.32 Å². The third-order valence-corrected chi connectivity index (χ3v) is 2.96. The first-order chi connectivity index (χ1) is 8.16. The summed E-state index contributed by atoms with van der Waals surface area (Å²) >= 11 is 0. The van der Waals surface area contributed by atoms with Crippen LogP contribution in [0.25, 0.3) is 0 Å². The maximum absolute atomic E-state index is 13.6. The van der Waals surface area contributed by atoms with Crippen LogP contribution in [0.2, 0.25) is 0 Å². The Kier molecular flexibility index (Phi) is 4.10. The van der Waals surface area contributed by atoms with Crippen molar-refractivity contribution in [2.75, 3.05) is 6.54 Å². The second kappa shape index (κ2) is 5.58. The Labute approximate surface area is 102 Å². The van der Waals surface area contributed by atoms with E-state index >= 15 is 0 Å². The van der Waals surface area contributed by atoms with Gasteiger partial charge in [-0.15, -0.1) is 0 Å². The molecule has 1 aromatic rings. The van der Waals surface area contributed by atoms with E-state index in [1.807, 2.05) is 12.1 Å². The third kappa shape index (κ3) is 3.25. The van der Waals surface area contributed by atoms with Crippen molar-refractivity contribution in [2.45, 2.75) is 32.5 Å². The van der Waals surface area contributed by atoms with Gasteiger partial charge in [-0.25, -0.2) is 15.2 Å². The summed E-state index contributed by atoms with van der Waals surface area (Å²) in [4.78, 5) is 0. The monoisotopic (exact) mass is 237 g/mol. The van der Waals surface area contributed by atoms with E-state index in [2.05, 4.69) is 30.0 Å². The molecule has 1 fully saturated rings. The van der Waals surface area contributed by atoms with Crippen LogP contribution < -0.4 is 16.2 Å². The molecule has 1 saturated heterocycles. The minimum absolute atomic E-state index is 0.0425. The summed E-state index contributed by atoms with van der Waals surface area (Å²) in [6, 6.07) is 6.97. The van der Waals surface area contributed by atoms with Crippen LogP contribution >= 0.6 is 0 Å². The molecule has 0 aromatic heterocycles. The topological polar surface area (TPSA) is 36.1 Å². The number of benzene rings is 1. The standard InChI is InChI=1S/C13H20FN3/c1-9(2)8-15-13-7-12(16-17-13)10-5-3-4-6-11(10)14/h3-6,9,12-13,15-17H,7-8H2,1-2H3. The van der Waals surface area contributed by atoms with Crippen LogP contribution in [0.4, 0.5) is 4.39 Å². The quantitative estimate of drug-likeness (QED) is 0.749. The normalized spacial score (nSPS) is 24.5. The average molecular weight is 237 g/mol. The predicted octanol–water partition coefficient (Wildman–Crippen LogP) is 1.94. The van der Waals surface area contributed by atoms with Gasteiger partial charge in [0.15, 0.2) is 0 Å². The Balaban J connectivity index is 1.92. The summed E-state index contributed by atoms with van der Waals surface area (Å²) in [7, 11) is 0. The number of hydrazine groups is 1. The second-order valence-electron chi connectivity index (χ2n) is 4.95. The predicted molar refractivity (Wildman–Crippen MR) is 66.7 cm³/mol. The third-order valence-electron chi connectivity index (χ3n) is 2.96. The van der Waals surface area contributed by atoms with Crippen molar-refractivity contribution in [2.24, 2.45) is 5.92 Å². The molecule has 2 unspecified atom stereocenters. The van der Waals surface area contributed by atoms with E-state index in [9.17, 15) is 4.39 Å². The Bertz CT molecular complexity index is 367. The molecule has 1 heterocycles. The van der Waals surface area contributed by atoms with Crippen LogP contribution in [-0.4, -0.2) is 12.7 Å². The Morgan fingerprint density at radius 1 is 1.35 bits per heavy atom. The molecule has 4 heteroatoms. The highest BCUT2D eigenvalue weighted by Crippen LogP contribution is 2.23. The van der Waals surface area contributed by atoms with E-state index in [0.717, 1.165) is 18.5 Å². The van der Waals surface area contributed by atoms with E-state index < -0.39 is 0 Å². The number of halogens is 1. The van der Waals surface area contributed by atoms with E-state index in [-0.39, 0.29) is 18.0 Å². The Morgan fingerprint density at radius 3 is 2.82 bits per heavy atom. The van der Waals surface area contributed by atoms with Gasteiger partial charge in [-0.2, -0.15) is 0 Å². The zero-order valence-corrected chi connectivity index (χ0v) is 10.3. The summed E-state index contributed by atoms with van der Waals surface area (Å²) in [5.41, 5.74) is 7.03. The van der Waals surface area contributed by atoms with Crippen molar-refractivity contribution in [1.82, 2.24) is 16.2 Å². The van der Waals surface area contributed by atoms with Crippen molar-refractivity contribution in [1.29, 1.82) is 0 Å². The summed E-state index contributed by atoms with van der Waals surface area (Å²) in [5.74, 6) is 0.473. The van der Waals surface area contributed by atoms with E-state index in [1.54, 1.807) is 6.07 Å². The van der Waals surface area contributed by atoms with Crippen LogP contribution in [0.15, 0.2) is 24.3 Å². The molecule has 0 saturated carbocycles. The van der Waals surface area contributed by atoms with Crippen molar-refractivity contribution < 1.29 is 4.39 Å². The van der Waals surface area contributed by atoms with Gasteiger partial charge in [-0.1, -0.05) is 32.0 Å². The molecule has 17 heavy (non-hydrogen) atoms. The van der Waals surface area contributed by atoms with E-state index in [1.165, 1.54) is 6.07 Å². The zero-order valence-electron chi connectivity index (χ0n) is 10.3. The van der Waals surface area contributed by atoms with Gasteiger partial charge in [0.25, 0.3) is 0 Å². The van der Waals surface area contributed by atoms with Crippen molar-refractivity contribution in [3.63, 3.8) is 0 Å². The molecule has 2 atom stereocenters. The molecule has 94 valence electrons. The molecule has 0 spiro atoms. The summed E-state index contributed by atoms with van der Waals surface area (Å²) in [6.45, 7) is 5.30. The van der Waals surface area contributed by atoms with Gasteiger partial charge in [0.1, 0.15) is 5.82 Å². The van der Waals surface area contributed by atoms with Gasteiger partial charge in [0.2, 0.25) is 0 Å². The number of nitrogens with one attached hydrogen (secondary N) is 3. The Hall–Kier alpha value is -0.970. The van der Waals surface area contributed by atoms with Crippen LogP contribution in [0.1, 0.15) is 31.9 Å². The minimum Gasteiger partial charge on any atom is -0.301 e. The zero-order chi connectivity index (χ0) is 12.3. The lowest BCUT2D eigenvalue weighted by Crippen LogP contribution is -2.42. The summed E-state index contributed by atoms with van der Waals surface area (Å²) in [5, 5.41) is 3.40. The van der Waals surface area contributed by atoms with Crippen molar-refractivity contribution >= 4 is 0 Å². The van der Waals surface area contributed by atoms with Crippen LogP contribution in [-0.2, 0) is 0 Å². The first-order valence-corrected chi connectivity index (χ1v) is 6.15. The molecule has 0 aliphatic carbocycles. The van der Waals surface area contributed by atoms with E-state index in [0.29, 0.717) is 5.92 Å². The van der Waals surface area contributed by atoms with E-state index in [4.69, 9.17) is 0 Å². The average Bonchev–Trinajstić information content (AvgIpc) is 2.75. The molecule has 0 amide bonds. The van der Waals surface area contributed by atoms with Gasteiger partial charge in [-0.05, 0) is 24.9 Å². The lowest BCUT2D eigenvalue weighted by molar-refractivity contribution is 0.424. The van der Waals surface area contributed by atoms with Gasteiger partial charge in [0, 0.05) is 5.56 Å². The number of rotatable bonds is 4. The lowest BCUT2D eigenvalue weighted by Gasteiger charge is -2.13. The molecule has 0 bridgehead atoms. The fourth-order valence-electron chi connectivity index (χ4n) is 2.03. The van der Waals surface area contributed by atoms with Crippen molar-refractivity contribution in [3.05, 3.63) is 35.6 Å². The highest BCUT2D eigenvalue weighted by Gasteiger charge is 2.26. The largest absolute Gasteiger partial charge is 0.301 e. The highest BCUT2D eigenvalue weighted by atomic mass is 19.1. The summed E-state index contributed by atoms with van der Waals surface area (Å²) < 4.78 is 13.6. The van der Waals surface area contributed by atoms with Crippen LogP contribution in [0, 0.1) is 11.7 Å². The maximum Gasteiger partial charge on any atom is 0.128 e. The fraction of sp³-hybridized carbons (Fsp3) is 0.538. The lowest BCUT2D eigenvalue weighted by atomic mass is 10.0. The molecule has 3 N–H and O–H groups in total. The molecule has 0 radical (unpaired) electrons. The smallest absolute Gasteiger partial charge is 0.128 e. The van der Waals surface area contributed by atoms with Gasteiger partial charge in [-0.3, -0.25) is 0 Å². The molecule has 3 nitrogen and oxygen atoms in total. The van der Waals surface area contributed by atoms with Gasteiger partial charge >= 0.3 is 0 Å². The van der Waals surface area contributed by atoms with Crippen LogP contribution in [0.5, 0.6) is 0 Å². The molecule has 1 aliphatic heterocycles. The molecule has 2 rings (SSSR count). The molecular weight excluding hydrogens is 217 g/mol. The summed E-state index contributed by atoms with van der Waals surface area (Å²) in [6.07, 6.45) is 1.07. The molecule has 1 aliphatic rings. The van der Waals surface area contributed by atoms with Crippen molar-refractivity contribution in [3.8, 4) is 0 Å². The number of hydrogen-bond acceptors (Lipinski definition) is 3. The SMILES string of the molecule is CC(C)CNC1CC(c2ccccc2F)NN1. The number of hydrogen-bond donors (Lipinski definition) is 3. The first kappa shape index (κ1) is 12.5. The maximum atomic E-state index is 13.6. The first-order valence-electron chi connectivity index (χ1n) is 6.15. The molecular formula is C13H20FN3. The minimum atomic E-state index is -0.142. The fourth-order valence-corrected chi connectivity index (χ4v) is 2.03. The Morgan fingerprint density at radius 2 is 2.12 bits per heavy atom. The van der Waals surface area contributed by atoms with Crippen LogP contribution in [0.3, 0.4) is 0 Å². The second-order valence-corrected chi connectivity index (χ2v) is 4.95. The highest BCUT2D eigenvalue weighted by molar-refractivity contribution is 5.22. The molecule has 1 aromatic carbocycles. The van der Waals surface area contributed by atoms with Gasteiger partial charge in [0.05, 0.1) is 12.2 Å².